The molecule has 0 bridgehead atoms. The topological polar surface area (TPSA) is 58.5 Å². The zero-order chi connectivity index (χ0) is 18.2. The molecule has 0 aliphatic heterocycles. The third kappa shape index (κ3) is 7.11. The van der Waals surface area contributed by atoms with Gasteiger partial charge in [-0.1, -0.05) is 32.0 Å². The van der Waals surface area contributed by atoms with Crippen LogP contribution in [0.3, 0.4) is 0 Å². The SMILES string of the molecule is CN=C(NCc1csc(C(C)C)n1)NCC(C)Oc1ccccc1C.I. The van der Waals surface area contributed by atoms with Crippen LogP contribution in [0.25, 0.3) is 0 Å². The average molecular weight is 488 g/mol. The molecular formula is C19H29IN4OS. The predicted molar refractivity (Wildman–Crippen MR) is 121 cm³/mol. The van der Waals surface area contributed by atoms with Gasteiger partial charge in [-0.3, -0.25) is 4.99 Å². The van der Waals surface area contributed by atoms with E-state index in [4.69, 9.17) is 4.74 Å². The highest BCUT2D eigenvalue weighted by Gasteiger charge is 2.09. The summed E-state index contributed by atoms with van der Waals surface area (Å²) in [7, 11) is 1.77. The van der Waals surface area contributed by atoms with Crippen LogP contribution in [0, 0.1) is 6.92 Å². The molecule has 5 nitrogen and oxygen atoms in total. The lowest BCUT2D eigenvalue weighted by Gasteiger charge is -2.18. The number of ether oxygens (including phenoxy) is 1. The van der Waals surface area contributed by atoms with Crippen LogP contribution in [0.5, 0.6) is 5.75 Å². The van der Waals surface area contributed by atoms with Crippen molar-refractivity contribution in [2.75, 3.05) is 13.6 Å². The lowest BCUT2D eigenvalue weighted by atomic mass is 10.2. The third-order valence-electron chi connectivity index (χ3n) is 3.70. The van der Waals surface area contributed by atoms with Gasteiger partial charge in [0.05, 0.1) is 23.8 Å². The van der Waals surface area contributed by atoms with Crippen LogP contribution < -0.4 is 15.4 Å². The molecule has 1 aromatic carbocycles. The van der Waals surface area contributed by atoms with Gasteiger partial charge in [0.25, 0.3) is 0 Å². The molecule has 0 spiro atoms. The number of thiazole rings is 1. The minimum absolute atomic E-state index is 0. The Hall–Kier alpha value is -1.35. The first-order valence-electron chi connectivity index (χ1n) is 8.60. The Balaban J connectivity index is 0.00000338. The van der Waals surface area contributed by atoms with Gasteiger partial charge in [0.1, 0.15) is 11.9 Å². The summed E-state index contributed by atoms with van der Waals surface area (Å²) in [5, 5.41) is 9.86. The first-order chi connectivity index (χ1) is 12.0. The highest BCUT2D eigenvalue weighted by Crippen LogP contribution is 2.19. The number of nitrogens with zero attached hydrogens (tertiary/aromatic N) is 2. The predicted octanol–water partition coefficient (Wildman–Crippen LogP) is 4.33. The maximum absolute atomic E-state index is 5.98. The van der Waals surface area contributed by atoms with Gasteiger partial charge in [-0.05, 0) is 25.5 Å². The van der Waals surface area contributed by atoms with Crippen LogP contribution in [0.1, 0.15) is 43.0 Å². The van der Waals surface area contributed by atoms with E-state index in [1.54, 1.807) is 18.4 Å². The summed E-state index contributed by atoms with van der Waals surface area (Å²) in [6.45, 7) is 9.74. The maximum Gasteiger partial charge on any atom is 0.191 e. The summed E-state index contributed by atoms with van der Waals surface area (Å²) in [6, 6.07) is 8.05. The van der Waals surface area contributed by atoms with Gasteiger partial charge in [0.15, 0.2) is 5.96 Å². The van der Waals surface area contributed by atoms with Crippen LogP contribution in [-0.4, -0.2) is 30.6 Å². The second kappa shape index (κ2) is 11.4. The highest BCUT2D eigenvalue weighted by atomic mass is 127. The summed E-state index contributed by atoms with van der Waals surface area (Å²) in [6.07, 6.45) is 0.0338. The van der Waals surface area contributed by atoms with Crippen LogP contribution in [0.2, 0.25) is 0 Å². The molecule has 1 heterocycles. The van der Waals surface area contributed by atoms with E-state index < -0.39 is 0 Å². The molecule has 2 N–H and O–H groups in total. The van der Waals surface area contributed by atoms with Gasteiger partial charge in [0, 0.05) is 18.3 Å². The fourth-order valence-corrected chi connectivity index (χ4v) is 3.09. The summed E-state index contributed by atoms with van der Waals surface area (Å²) in [5.41, 5.74) is 2.18. The van der Waals surface area contributed by atoms with E-state index >= 15 is 0 Å². The van der Waals surface area contributed by atoms with E-state index in [2.05, 4.69) is 52.8 Å². The minimum atomic E-state index is 0. The fourth-order valence-electron chi connectivity index (χ4n) is 2.25. The number of para-hydroxylation sites is 1. The Morgan fingerprint density at radius 3 is 2.58 bits per heavy atom. The van der Waals surface area contributed by atoms with Crippen molar-refractivity contribution in [3.8, 4) is 5.75 Å². The average Bonchev–Trinajstić information content (AvgIpc) is 3.06. The number of hydrogen-bond acceptors (Lipinski definition) is 4. The van der Waals surface area contributed by atoms with E-state index in [0.29, 0.717) is 19.0 Å². The van der Waals surface area contributed by atoms with Crippen molar-refractivity contribution in [1.82, 2.24) is 15.6 Å². The van der Waals surface area contributed by atoms with E-state index in [0.717, 1.165) is 23.0 Å². The van der Waals surface area contributed by atoms with Crippen LogP contribution >= 0.6 is 35.3 Å². The van der Waals surface area contributed by atoms with Crippen LogP contribution in [-0.2, 0) is 6.54 Å². The standard InChI is InChI=1S/C19H28N4OS.HI/c1-13(2)18-23-16(12-25-18)11-22-19(20-5)21-10-15(4)24-17-9-7-6-8-14(17)3;/h6-9,12-13,15H,10-11H2,1-5H3,(H2,20,21,22);1H. The van der Waals surface area contributed by atoms with Gasteiger partial charge in [-0.25, -0.2) is 4.98 Å². The Morgan fingerprint density at radius 1 is 1.23 bits per heavy atom. The number of benzene rings is 1. The molecule has 144 valence electrons. The molecule has 1 aromatic heterocycles. The van der Waals surface area contributed by atoms with E-state index in [9.17, 15) is 0 Å². The second-order valence-corrected chi connectivity index (χ2v) is 7.22. The summed E-state index contributed by atoms with van der Waals surface area (Å²) >= 11 is 1.71. The van der Waals surface area contributed by atoms with Crippen LogP contribution in [0.15, 0.2) is 34.6 Å². The molecule has 0 saturated carbocycles. The molecule has 0 amide bonds. The number of aryl methyl sites for hydroxylation is 1. The van der Waals surface area contributed by atoms with Crippen molar-refractivity contribution >= 4 is 41.3 Å². The molecule has 2 aromatic rings. The second-order valence-electron chi connectivity index (χ2n) is 6.33. The Bertz CT molecular complexity index is 702. The van der Waals surface area contributed by atoms with E-state index in [-0.39, 0.29) is 30.1 Å². The Morgan fingerprint density at radius 2 is 1.96 bits per heavy atom. The van der Waals surface area contributed by atoms with Crippen molar-refractivity contribution in [2.24, 2.45) is 4.99 Å². The number of aromatic nitrogens is 1. The first-order valence-corrected chi connectivity index (χ1v) is 9.48. The molecule has 0 fully saturated rings. The number of aliphatic imine (C=N–C) groups is 1. The van der Waals surface area contributed by atoms with Crippen molar-refractivity contribution in [3.63, 3.8) is 0 Å². The number of nitrogens with one attached hydrogen (secondary N) is 2. The number of halogens is 1. The quantitative estimate of drug-likeness (QED) is 0.346. The lowest BCUT2D eigenvalue weighted by molar-refractivity contribution is 0.222. The molecule has 0 aliphatic rings. The molecule has 7 heteroatoms. The zero-order valence-electron chi connectivity index (χ0n) is 16.1. The monoisotopic (exact) mass is 488 g/mol. The lowest BCUT2D eigenvalue weighted by Crippen LogP contribution is -2.41. The third-order valence-corrected chi connectivity index (χ3v) is 4.90. The molecule has 26 heavy (non-hydrogen) atoms. The molecule has 1 atom stereocenters. The summed E-state index contributed by atoms with van der Waals surface area (Å²) in [5.74, 6) is 2.14. The van der Waals surface area contributed by atoms with Gasteiger partial charge in [-0.15, -0.1) is 35.3 Å². The normalized spacial score (nSPS) is 12.5. The number of rotatable bonds is 7. The van der Waals surface area contributed by atoms with Gasteiger partial charge in [0.2, 0.25) is 0 Å². The summed E-state index contributed by atoms with van der Waals surface area (Å²) < 4.78 is 5.98. The number of hydrogen-bond donors (Lipinski definition) is 2. The molecule has 0 saturated heterocycles. The number of guanidine groups is 1. The van der Waals surface area contributed by atoms with Crippen molar-refractivity contribution < 1.29 is 4.74 Å². The van der Waals surface area contributed by atoms with Crippen molar-refractivity contribution in [1.29, 1.82) is 0 Å². The van der Waals surface area contributed by atoms with E-state index in [1.807, 2.05) is 25.1 Å². The summed E-state index contributed by atoms with van der Waals surface area (Å²) in [4.78, 5) is 8.88. The highest BCUT2D eigenvalue weighted by molar-refractivity contribution is 14.0. The Labute approximate surface area is 177 Å². The molecule has 1 unspecified atom stereocenters. The molecule has 0 aliphatic carbocycles. The van der Waals surface area contributed by atoms with Gasteiger partial charge in [-0.2, -0.15) is 0 Å². The van der Waals surface area contributed by atoms with Gasteiger partial charge < -0.3 is 15.4 Å². The van der Waals surface area contributed by atoms with Crippen molar-refractivity contribution in [2.45, 2.75) is 46.3 Å². The van der Waals surface area contributed by atoms with Crippen LogP contribution in [0.4, 0.5) is 0 Å². The minimum Gasteiger partial charge on any atom is -0.489 e. The molecular weight excluding hydrogens is 459 g/mol. The Kier molecular flexibility index (Phi) is 9.93. The largest absolute Gasteiger partial charge is 0.489 e. The maximum atomic E-state index is 5.98. The van der Waals surface area contributed by atoms with E-state index in [1.165, 1.54) is 5.01 Å². The zero-order valence-corrected chi connectivity index (χ0v) is 19.2. The van der Waals surface area contributed by atoms with Gasteiger partial charge >= 0.3 is 0 Å². The molecule has 2 rings (SSSR count). The first kappa shape index (κ1) is 22.7. The van der Waals surface area contributed by atoms with Crippen molar-refractivity contribution in [3.05, 3.63) is 45.9 Å². The fraction of sp³-hybridized carbons (Fsp3) is 0.474. The smallest absolute Gasteiger partial charge is 0.191 e. The molecule has 0 radical (unpaired) electrons.